The molecule has 2 N–H and O–H groups in total. The van der Waals surface area contributed by atoms with Gasteiger partial charge in [-0.25, -0.2) is 8.42 Å². The number of likely N-dealkylation sites (N-methyl/N-ethyl adjacent to an activating group) is 1. The number of nitrogens with zero attached hydrogens (tertiary/aromatic N) is 1. The molecule has 154 valence electrons. The Morgan fingerprint density at radius 2 is 1.79 bits per heavy atom. The van der Waals surface area contributed by atoms with Crippen LogP contribution in [0.15, 0.2) is 53.0 Å². The van der Waals surface area contributed by atoms with Gasteiger partial charge in [0.15, 0.2) is 0 Å². The number of aryl methyl sites for hydroxylation is 1. The molecule has 0 fully saturated rings. The maximum Gasteiger partial charge on any atom is 0.246 e. The number of hydrogen-bond donors (Lipinski definition) is 2. The van der Waals surface area contributed by atoms with Crippen molar-refractivity contribution in [3.63, 3.8) is 0 Å². The van der Waals surface area contributed by atoms with Crippen LogP contribution in [0.2, 0.25) is 0 Å². The second-order valence-electron chi connectivity index (χ2n) is 6.53. The summed E-state index contributed by atoms with van der Waals surface area (Å²) in [4.78, 5) is 25.7. The second-order valence-corrected chi connectivity index (χ2v) is 9.20. The zero-order chi connectivity index (χ0) is 21.6. The molecule has 2 amide bonds. The van der Waals surface area contributed by atoms with Gasteiger partial charge >= 0.3 is 0 Å². The molecule has 0 heterocycles. The van der Waals surface area contributed by atoms with E-state index in [4.69, 9.17) is 0 Å². The molecule has 0 aliphatic rings. The predicted molar refractivity (Wildman–Crippen MR) is 119 cm³/mol. The fraction of sp³-hybridized carbons (Fsp3) is 0.200. The maximum absolute atomic E-state index is 12.2. The lowest BCUT2D eigenvalue weighted by Gasteiger charge is -2.15. The van der Waals surface area contributed by atoms with Crippen molar-refractivity contribution in [1.29, 1.82) is 0 Å². The molecule has 2 aromatic rings. The van der Waals surface area contributed by atoms with Crippen LogP contribution >= 0.6 is 15.9 Å². The Balaban J connectivity index is 1.91. The van der Waals surface area contributed by atoms with Gasteiger partial charge in [0.25, 0.3) is 0 Å². The van der Waals surface area contributed by atoms with Gasteiger partial charge in [-0.3, -0.25) is 14.3 Å². The Labute approximate surface area is 179 Å². The van der Waals surface area contributed by atoms with Gasteiger partial charge in [0.2, 0.25) is 21.8 Å². The van der Waals surface area contributed by atoms with Gasteiger partial charge in [0.1, 0.15) is 0 Å². The van der Waals surface area contributed by atoms with E-state index in [9.17, 15) is 18.0 Å². The highest BCUT2D eigenvalue weighted by atomic mass is 79.9. The lowest BCUT2D eigenvalue weighted by Crippen LogP contribution is -2.34. The molecule has 0 radical (unpaired) electrons. The largest absolute Gasteiger partial charge is 0.333 e. The van der Waals surface area contributed by atoms with E-state index >= 15 is 0 Å². The average Bonchev–Trinajstić information content (AvgIpc) is 2.62. The fourth-order valence-corrected chi connectivity index (χ4v) is 3.46. The topological polar surface area (TPSA) is 95.6 Å². The minimum Gasteiger partial charge on any atom is -0.333 e. The Hall–Kier alpha value is -2.65. The van der Waals surface area contributed by atoms with E-state index in [0.717, 1.165) is 21.9 Å². The molecule has 0 spiro atoms. The summed E-state index contributed by atoms with van der Waals surface area (Å²) in [7, 11) is -1.79. The normalized spacial score (nSPS) is 11.3. The summed E-state index contributed by atoms with van der Waals surface area (Å²) in [5, 5.41) is 2.79. The van der Waals surface area contributed by atoms with Crippen LogP contribution in [0.1, 0.15) is 11.1 Å². The van der Waals surface area contributed by atoms with Crippen LogP contribution in [0.25, 0.3) is 6.08 Å². The van der Waals surface area contributed by atoms with Crippen LogP contribution in [-0.2, 0) is 19.6 Å². The van der Waals surface area contributed by atoms with Crippen molar-refractivity contribution in [1.82, 2.24) is 4.90 Å². The van der Waals surface area contributed by atoms with E-state index in [1.807, 2.05) is 19.1 Å². The zero-order valence-corrected chi connectivity index (χ0v) is 18.7. The van der Waals surface area contributed by atoms with Crippen molar-refractivity contribution in [2.24, 2.45) is 0 Å². The molecule has 0 bridgehead atoms. The van der Waals surface area contributed by atoms with E-state index in [2.05, 4.69) is 26.0 Å². The zero-order valence-electron chi connectivity index (χ0n) is 16.3. The van der Waals surface area contributed by atoms with E-state index in [1.54, 1.807) is 43.5 Å². The number of carbonyl (C=O) groups is 2. The lowest BCUT2D eigenvalue weighted by atomic mass is 10.2. The standard InChI is InChI=1S/C20H22BrN3O4S/c1-14-12-16(21)7-10-18(14)22-19(25)13-24(2)20(26)11-6-15-4-8-17(9-5-15)23-29(3,27)28/h4-12,23H,13H2,1-3H3,(H,22,25)/b11-6+. The molecule has 7 nitrogen and oxygen atoms in total. The van der Waals surface area contributed by atoms with E-state index in [0.29, 0.717) is 11.4 Å². The quantitative estimate of drug-likeness (QED) is 0.595. The molecular weight excluding hydrogens is 458 g/mol. The molecule has 29 heavy (non-hydrogen) atoms. The molecule has 0 saturated carbocycles. The fourth-order valence-electron chi connectivity index (χ4n) is 2.42. The summed E-state index contributed by atoms with van der Waals surface area (Å²) >= 11 is 3.37. The molecule has 9 heteroatoms. The Morgan fingerprint density at radius 1 is 1.14 bits per heavy atom. The summed E-state index contributed by atoms with van der Waals surface area (Å²) in [6, 6.07) is 12.1. The molecule has 0 atom stereocenters. The highest BCUT2D eigenvalue weighted by Gasteiger charge is 2.12. The molecule has 0 aliphatic heterocycles. The highest BCUT2D eigenvalue weighted by molar-refractivity contribution is 9.10. The van der Waals surface area contributed by atoms with Crippen LogP contribution in [0.5, 0.6) is 0 Å². The first-order valence-electron chi connectivity index (χ1n) is 8.60. The van der Waals surface area contributed by atoms with Crippen LogP contribution in [0.4, 0.5) is 11.4 Å². The first-order chi connectivity index (χ1) is 13.5. The van der Waals surface area contributed by atoms with Gasteiger partial charge in [0.05, 0.1) is 12.8 Å². The smallest absolute Gasteiger partial charge is 0.246 e. The van der Waals surface area contributed by atoms with Gasteiger partial charge in [0, 0.05) is 29.0 Å². The SMILES string of the molecule is Cc1cc(Br)ccc1NC(=O)CN(C)C(=O)/C=C/c1ccc(NS(C)(=O)=O)cc1. The number of carbonyl (C=O) groups excluding carboxylic acids is 2. The number of amides is 2. The number of halogens is 1. The summed E-state index contributed by atoms with van der Waals surface area (Å²) in [5.74, 6) is -0.623. The molecule has 0 unspecified atom stereocenters. The van der Waals surface area contributed by atoms with Gasteiger partial charge in [-0.05, 0) is 54.5 Å². The van der Waals surface area contributed by atoms with Crippen LogP contribution in [0.3, 0.4) is 0 Å². The number of nitrogens with one attached hydrogen (secondary N) is 2. The Bertz CT molecular complexity index is 1030. The summed E-state index contributed by atoms with van der Waals surface area (Å²) in [6.45, 7) is 1.80. The van der Waals surface area contributed by atoms with Gasteiger partial charge in [-0.1, -0.05) is 28.1 Å². The number of rotatable bonds is 7. The van der Waals surface area contributed by atoms with Crippen molar-refractivity contribution in [2.45, 2.75) is 6.92 Å². The van der Waals surface area contributed by atoms with Gasteiger partial charge < -0.3 is 10.2 Å². The Kier molecular flexibility index (Phi) is 7.58. The number of anilines is 2. The first-order valence-corrected chi connectivity index (χ1v) is 11.3. The number of benzene rings is 2. The summed E-state index contributed by atoms with van der Waals surface area (Å²) in [6.07, 6.45) is 4.03. The molecular formula is C20H22BrN3O4S. The van der Waals surface area contributed by atoms with Crippen molar-refractivity contribution in [3.05, 3.63) is 64.1 Å². The van der Waals surface area contributed by atoms with Crippen molar-refractivity contribution in [2.75, 3.05) is 29.9 Å². The minimum atomic E-state index is -3.34. The van der Waals surface area contributed by atoms with Crippen LogP contribution in [0, 0.1) is 6.92 Å². The third-order valence-corrected chi connectivity index (χ3v) is 4.95. The molecule has 2 rings (SSSR count). The molecule has 2 aromatic carbocycles. The highest BCUT2D eigenvalue weighted by Crippen LogP contribution is 2.20. The van der Waals surface area contributed by atoms with E-state index < -0.39 is 10.0 Å². The third kappa shape index (κ3) is 7.71. The van der Waals surface area contributed by atoms with Crippen molar-refractivity contribution < 1.29 is 18.0 Å². The summed E-state index contributed by atoms with van der Waals surface area (Å²) < 4.78 is 25.7. The Morgan fingerprint density at radius 3 is 2.38 bits per heavy atom. The van der Waals surface area contributed by atoms with Crippen LogP contribution in [-0.4, -0.2) is 45.0 Å². The summed E-state index contributed by atoms with van der Waals surface area (Å²) in [5.41, 5.74) is 2.77. The second kappa shape index (κ2) is 9.71. The van der Waals surface area contributed by atoms with Crippen molar-refractivity contribution in [3.8, 4) is 0 Å². The molecule has 0 aromatic heterocycles. The molecule has 0 saturated heterocycles. The number of hydrogen-bond acceptors (Lipinski definition) is 4. The first kappa shape index (κ1) is 22.6. The number of sulfonamides is 1. The third-order valence-electron chi connectivity index (χ3n) is 3.85. The van der Waals surface area contributed by atoms with Gasteiger partial charge in [-0.15, -0.1) is 0 Å². The maximum atomic E-state index is 12.2. The van der Waals surface area contributed by atoms with E-state index in [1.165, 1.54) is 11.0 Å². The van der Waals surface area contributed by atoms with Crippen molar-refractivity contribution >= 4 is 55.2 Å². The van der Waals surface area contributed by atoms with Gasteiger partial charge in [-0.2, -0.15) is 0 Å². The predicted octanol–water partition coefficient (Wildman–Crippen LogP) is 3.24. The lowest BCUT2D eigenvalue weighted by molar-refractivity contribution is -0.129. The average molecular weight is 480 g/mol. The van der Waals surface area contributed by atoms with Crippen LogP contribution < -0.4 is 10.0 Å². The monoisotopic (exact) mass is 479 g/mol. The molecule has 0 aliphatic carbocycles. The minimum absolute atomic E-state index is 0.0874. The van der Waals surface area contributed by atoms with E-state index in [-0.39, 0.29) is 18.4 Å².